The average molecular weight is 300 g/mol. The van der Waals surface area contributed by atoms with Crippen molar-refractivity contribution < 1.29 is 9.53 Å². The van der Waals surface area contributed by atoms with E-state index in [0.717, 1.165) is 4.90 Å². The number of hydrogen-bond donors (Lipinski definition) is 0. The van der Waals surface area contributed by atoms with E-state index < -0.39 is 0 Å². The Morgan fingerprint density at radius 2 is 1.90 bits per heavy atom. The molecule has 2 rings (SSSR count). The maximum Gasteiger partial charge on any atom is 0.176 e. The number of para-hydroxylation sites is 1. The van der Waals surface area contributed by atoms with Crippen LogP contribution in [0.3, 0.4) is 0 Å². The predicted molar refractivity (Wildman–Crippen MR) is 88.6 cm³/mol. The first-order valence-corrected chi connectivity index (χ1v) is 8.05. The number of thioether (sulfide) groups is 1. The third-order valence-corrected chi connectivity index (χ3v) is 4.35. The lowest BCUT2D eigenvalue weighted by Gasteiger charge is -2.10. The number of benzene rings is 2. The molecule has 21 heavy (non-hydrogen) atoms. The van der Waals surface area contributed by atoms with Crippen LogP contribution >= 0.6 is 11.8 Å². The van der Waals surface area contributed by atoms with Gasteiger partial charge in [-0.1, -0.05) is 29.8 Å². The molecule has 0 fully saturated rings. The molecule has 0 spiro atoms. The zero-order valence-electron chi connectivity index (χ0n) is 12.7. The van der Waals surface area contributed by atoms with Crippen molar-refractivity contribution >= 4 is 17.5 Å². The number of rotatable bonds is 6. The van der Waals surface area contributed by atoms with Crippen molar-refractivity contribution in [2.75, 3.05) is 12.4 Å². The molecule has 0 saturated heterocycles. The number of carbonyl (C=O) groups excluding carboxylic acids is 1. The summed E-state index contributed by atoms with van der Waals surface area (Å²) in [5.74, 6) is 1.20. The zero-order valence-corrected chi connectivity index (χ0v) is 13.5. The van der Waals surface area contributed by atoms with Crippen molar-refractivity contribution in [1.29, 1.82) is 0 Å². The van der Waals surface area contributed by atoms with Crippen molar-refractivity contribution in [3.05, 3.63) is 59.2 Å². The number of carbonyl (C=O) groups is 1. The molecule has 0 saturated carbocycles. The second kappa shape index (κ2) is 7.32. The van der Waals surface area contributed by atoms with E-state index in [-0.39, 0.29) is 5.78 Å². The van der Waals surface area contributed by atoms with Crippen molar-refractivity contribution in [1.82, 2.24) is 0 Å². The van der Waals surface area contributed by atoms with Gasteiger partial charge in [0.25, 0.3) is 0 Å². The highest BCUT2D eigenvalue weighted by Crippen LogP contribution is 2.26. The topological polar surface area (TPSA) is 26.3 Å². The molecule has 110 valence electrons. The van der Waals surface area contributed by atoms with Crippen molar-refractivity contribution in [3.63, 3.8) is 0 Å². The Morgan fingerprint density at radius 3 is 2.67 bits per heavy atom. The fourth-order valence-electron chi connectivity index (χ4n) is 2.06. The van der Waals surface area contributed by atoms with Gasteiger partial charge in [0.15, 0.2) is 5.78 Å². The molecule has 0 aromatic heterocycles. The standard InChI is InChI=1S/C18H20O2S/c1-4-20-17-8-6-5-7-15(17)16(19)12-21-18-11-13(2)9-10-14(18)3/h5-11H,4,12H2,1-3H3. The van der Waals surface area contributed by atoms with Gasteiger partial charge >= 0.3 is 0 Å². The second-order valence-electron chi connectivity index (χ2n) is 4.91. The van der Waals surface area contributed by atoms with Gasteiger partial charge in [-0.2, -0.15) is 0 Å². The maximum atomic E-state index is 12.4. The third-order valence-electron chi connectivity index (χ3n) is 3.19. The van der Waals surface area contributed by atoms with Crippen molar-refractivity contribution in [2.45, 2.75) is 25.7 Å². The summed E-state index contributed by atoms with van der Waals surface area (Å²) in [6.07, 6.45) is 0. The first-order chi connectivity index (χ1) is 10.1. The van der Waals surface area contributed by atoms with Crippen LogP contribution in [0.4, 0.5) is 0 Å². The minimum Gasteiger partial charge on any atom is -0.493 e. The second-order valence-corrected chi connectivity index (χ2v) is 5.93. The third kappa shape index (κ3) is 4.11. The van der Waals surface area contributed by atoms with Gasteiger partial charge in [0.1, 0.15) is 5.75 Å². The summed E-state index contributed by atoms with van der Waals surface area (Å²) in [4.78, 5) is 13.6. The number of Topliss-reactive ketones (excluding diaryl/α,β-unsaturated/α-hetero) is 1. The van der Waals surface area contributed by atoms with Gasteiger partial charge in [0.05, 0.1) is 17.9 Å². The first-order valence-electron chi connectivity index (χ1n) is 7.07. The van der Waals surface area contributed by atoms with E-state index in [1.165, 1.54) is 11.1 Å². The molecule has 0 atom stereocenters. The van der Waals surface area contributed by atoms with Gasteiger partial charge in [-0.3, -0.25) is 4.79 Å². The summed E-state index contributed by atoms with van der Waals surface area (Å²) in [6.45, 7) is 6.62. The van der Waals surface area contributed by atoms with Crippen molar-refractivity contribution in [2.24, 2.45) is 0 Å². The van der Waals surface area contributed by atoms with Crippen LogP contribution in [-0.4, -0.2) is 18.1 Å². The summed E-state index contributed by atoms with van der Waals surface area (Å²) in [6, 6.07) is 13.7. The lowest BCUT2D eigenvalue weighted by atomic mass is 10.1. The van der Waals surface area contributed by atoms with E-state index in [2.05, 4.69) is 32.0 Å². The van der Waals surface area contributed by atoms with Crippen LogP contribution < -0.4 is 4.74 Å². The fourth-order valence-corrected chi connectivity index (χ4v) is 3.07. The molecule has 0 N–H and O–H groups in total. The van der Waals surface area contributed by atoms with E-state index in [9.17, 15) is 4.79 Å². The van der Waals surface area contributed by atoms with E-state index in [1.54, 1.807) is 11.8 Å². The zero-order chi connectivity index (χ0) is 15.2. The SMILES string of the molecule is CCOc1ccccc1C(=O)CSc1cc(C)ccc1C. The van der Waals surface area contributed by atoms with Crippen LogP contribution in [-0.2, 0) is 0 Å². The Morgan fingerprint density at radius 1 is 1.14 bits per heavy atom. The van der Waals surface area contributed by atoms with Gasteiger partial charge in [0, 0.05) is 4.90 Å². The minimum absolute atomic E-state index is 0.102. The molecule has 0 radical (unpaired) electrons. The van der Waals surface area contributed by atoms with Gasteiger partial charge < -0.3 is 4.74 Å². The number of ether oxygens (including phenoxy) is 1. The van der Waals surface area contributed by atoms with Gasteiger partial charge in [0.2, 0.25) is 0 Å². The van der Waals surface area contributed by atoms with E-state index in [1.807, 2.05) is 31.2 Å². The quantitative estimate of drug-likeness (QED) is 0.572. The van der Waals surface area contributed by atoms with Gasteiger partial charge in [-0.05, 0) is 44.5 Å². The Labute approximate surface area is 130 Å². The van der Waals surface area contributed by atoms with E-state index in [4.69, 9.17) is 4.74 Å². The lowest BCUT2D eigenvalue weighted by Crippen LogP contribution is -2.06. The Hall–Kier alpha value is -1.74. The highest BCUT2D eigenvalue weighted by Gasteiger charge is 2.12. The van der Waals surface area contributed by atoms with Gasteiger partial charge in [-0.15, -0.1) is 11.8 Å². The van der Waals surface area contributed by atoms with Crippen LogP contribution in [0.1, 0.15) is 28.4 Å². The summed E-state index contributed by atoms with van der Waals surface area (Å²) in [5, 5.41) is 0. The Bertz CT molecular complexity index is 635. The first kappa shape index (κ1) is 15.6. The summed E-state index contributed by atoms with van der Waals surface area (Å²) >= 11 is 1.59. The molecular weight excluding hydrogens is 280 g/mol. The molecule has 0 heterocycles. The Kier molecular flexibility index (Phi) is 5.45. The van der Waals surface area contributed by atoms with Gasteiger partial charge in [-0.25, -0.2) is 0 Å². The average Bonchev–Trinajstić information content (AvgIpc) is 2.49. The summed E-state index contributed by atoms with van der Waals surface area (Å²) < 4.78 is 5.52. The molecule has 0 aliphatic heterocycles. The monoisotopic (exact) mass is 300 g/mol. The highest BCUT2D eigenvalue weighted by atomic mass is 32.2. The number of ketones is 1. The smallest absolute Gasteiger partial charge is 0.176 e. The molecule has 0 aliphatic carbocycles. The highest BCUT2D eigenvalue weighted by molar-refractivity contribution is 8.00. The molecule has 2 aromatic rings. The number of hydrogen-bond acceptors (Lipinski definition) is 3. The van der Waals surface area contributed by atoms with Crippen LogP contribution in [0.25, 0.3) is 0 Å². The Balaban J connectivity index is 2.10. The largest absolute Gasteiger partial charge is 0.493 e. The summed E-state index contributed by atoms with van der Waals surface area (Å²) in [5.41, 5.74) is 3.08. The summed E-state index contributed by atoms with van der Waals surface area (Å²) in [7, 11) is 0. The lowest BCUT2D eigenvalue weighted by molar-refractivity contribution is 0.101. The molecule has 0 amide bonds. The van der Waals surface area contributed by atoms with Crippen LogP contribution in [0.2, 0.25) is 0 Å². The molecule has 2 aromatic carbocycles. The molecule has 0 bridgehead atoms. The van der Waals surface area contributed by atoms with Crippen molar-refractivity contribution in [3.8, 4) is 5.75 Å². The van der Waals surface area contributed by atoms with Crippen LogP contribution in [0, 0.1) is 13.8 Å². The predicted octanol–water partition coefficient (Wildman–Crippen LogP) is 4.68. The molecule has 0 unspecified atom stereocenters. The van der Waals surface area contributed by atoms with E-state index in [0.29, 0.717) is 23.7 Å². The number of aryl methyl sites for hydroxylation is 2. The minimum atomic E-state index is 0.102. The van der Waals surface area contributed by atoms with Crippen LogP contribution in [0.15, 0.2) is 47.4 Å². The molecule has 2 nitrogen and oxygen atoms in total. The maximum absolute atomic E-state index is 12.4. The fraction of sp³-hybridized carbons (Fsp3) is 0.278. The van der Waals surface area contributed by atoms with E-state index >= 15 is 0 Å². The molecule has 0 aliphatic rings. The normalized spacial score (nSPS) is 10.4. The van der Waals surface area contributed by atoms with Crippen LogP contribution in [0.5, 0.6) is 5.75 Å². The molecule has 3 heteroatoms. The molecular formula is C18H20O2S.